The van der Waals surface area contributed by atoms with E-state index in [1.54, 1.807) is 12.4 Å². The minimum atomic E-state index is -3.88. The Morgan fingerprint density at radius 2 is 1.51 bits per heavy atom. The van der Waals surface area contributed by atoms with Gasteiger partial charge in [-0.3, -0.25) is 4.98 Å². The maximum Gasteiger partial charge on any atom is 0.239 e. The standard InChI is InChI=1S/C28H24N4O2S/c29-35(33,34)23-16-22(17-30-18-23)26-19-32-28(31-15-14-20-8-3-1-4-9-20)27-24(12-7-13-25(26)27)21-10-5-2-6-11-21/h1-13,16-19H,14-15H2,(H,31,32)(H2,29,33,34). The molecule has 2 aromatic heterocycles. The number of primary sulfonamides is 1. The maximum absolute atomic E-state index is 11.9. The average Bonchev–Trinajstić information content (AvgIpc) is 2.89. The van der Waals surface area contributed by atoms with Gasteiger partial charge in [0.15, 0.2) is 0 Å². The van der Waals surface area contributed by atoms with Crippen LogP contribution in [0.1, 0.15) is 5.56 Å². The second kappa shape index (κ2) is 9.66. The molecule has 7 heteroatoms. The summed E-state index contributed by atoms with van der Waals surface area (Å²) in [5, 5.41) is 10.8. The fourth-order valence-corrected chi connectivity index (χ4v) is 4.71. The van der Waals surface area contributed by atoms with Gasteiger partial charge in [-0.2, -0.15) is 0 Å². The molecule has 0 atom stereocenters. The quantitative estimate of drug-likeness (QED) is 0.331. The van der Waals surface area contributed by atoms with Crippen molar-refractivity contribution in [1.82, 2.24) is 9.97 Å². The first-order valence-electron chi connectivity index (χ1n) is 11.2. The zero-order valence-corrected chi connectivity index (χ0v) is 19.7. The molecule has 0 radical (unpaired) electrons. The number of anilines is 1. The minimum absolute atomic E-state index is 0.0348. The third-order valence-corrected chi connectivity index (χ3v) is 6.78. The molecule has 0 spiro atoms. The van der Waals surface area contributed by atoms with Gasteiger partial charge in [0.05, 0.1) is 0 Å². The van der Waals surface area contributed by atoms with Crippen LogP contribution in [0, 0.1) is 0 Å². The first kappa shape index (κ1) is 22.7. The summed E-state index contributed by atoms with van der Waals surface area (Å²) in [6.45, 7) is 0.719. The van der Waals surface area contributed by atoms with Gasteiger partial charge in [-0.25, -0.2) is 18.5 Å². The molecule has 0 fully saturated rings. The largest absolute Gasteiger partial charge is 0.369 e. The van der Waals surface area contributed by atoms with Gasteiger partial charge in [-0.15, -0.1) is 0 Å². The molecule has 0 aliphatic carbocycles. The van der Waals surface area contributed by atoms with Crippen molar-refractivity contribution < 1.29 is 8.42 Å². The number of pyridine rings is 2. The molecule has 174 valence electrons. The van der Waals surface area contributed by atoms with E-state index in [-0.39, 0.29) is 4.90 Å². The predicted molar refractivity (Wildman–Crippen MR) is 140 cm³/mol. The number of nitrogens with two attached hydrogens (primary N) is 1. The summed E-state index contributed by atoms with van der Waals surface area (Å²) in [6.07, 6.45) is 5.50. The van der Waals surface area contributed by atoms with E-state index in [2.05, 4.69) is 40.6 Å². The van der Waals surface area contributed by atoms with Crippen molar-refractivity contribution in [2.45, 2.75) is 11.3 Å². The molecule has 3 aromatic carbocycles. The zero-order chi connectivity index (χ0) is 24.3. The van der Waals surface area contributed by atoms with Crippen LogP contribution in [0.25, 0.3) is 33.0 Å². The smallest absolute Gasteiger partial charge is 0.239 e. The van der Waals surface area contributed by atoms with Gasteiger partial charge in [0, 0.05) is 41.6 Å². The van der Waals surface area contributed by atoms with Crippen LogP contribution < -0.4 is 10.5 Å². The summed E-state index contributed by atoms with van der Waals surface area (Å²) < 4.78 is 23.8. The normalized spacial score (nSPS) is 11.5. The topological polar surface area (TPSA) is 98.0 Å². The van der Waals surface area contributed by atoms with Gasteiger partial charge >= 0.3 is 0 Å². The number of aromatic nitrogens is 2. The lowest BCUT2D eigenvalue weighted by molar-refractivity contribution is 0.597. The molecule has 2 heterocycles. The van der Waals surface area contributed by atoms with E-state index in [9.17, 15) is 8.42 Å². The maximum atomic E-state index is 11.9. The van der Waals surface area contributed by atoms with E-state index < -0.39 is 10.0 Å². The van der Waals surface area contributed by atoms with E-state index in [1.807, 2.05) is 48.5 Å². The first-order chi connectivity index (χ1) is 17.0. The molecule has 35 heavy (non-hydrogen) atoms. The Morgan fingerprint density at radius 3 is 2.26 bits per heavy atom. The molecule has 0 saturated heterocycles. The molecule has 0 amide bonds. The number of sulfonamides is 1. The highest BCUT2D eigenvalue weighted by Gasteiger charge is 2.16. The lowest BCUT2D eigenvalue weighted by Crippen LogP contribution is -2.12. The Balaban J connectivity index is 1.64. The predicted octanol–water partition coefficient (Wildman–Crippen LogP) is 5.27. The van der Waals surface area contributed by atoms with Crippen molar-refractivity contribution in [2.24, 2.45) is 5.14 Å². The number of rotatable bonds is 7. The molecule has 0 unspecified atom stereocenters. The molecule has 0 bridgehead atoms. The molecule has 0 aliphatic rings. The van der Waals surface area contributed by atoms with Gasteiger partial charge in [0.2, 0.25) is 10.0 Å². The SMILES string of the molecule is NS(=O)(=O)c1cncc(-c2cnc(NCCc3ccccc3)c3c(-c4ccccc4)cccc23)c1. The minimum Gasteiger partial charge on any atom is -0.369 e. The van der Waals surface area contributed by atoms with Crippen molar-refractivity contribution in [3.8, 4) is 22.3 Å². The van der Waals surface area contributed by atoms with Gasteiger partial charge in [-0.05, 0) is 34.6 Å². The molecular weight excluding hydrogens is 456 g/mol. The van der Waals surface area contributed by atoms with E-state index in [4.69, 9.17) is 10.1 Å². The number of hydrogen-bond acceptors (Lipinski definition) is 5. The lowest BCUT2D eigenvalue weighted by Gasteiger charge is -2.16. The summed E-state index contributed by atoms with van der Waals surface area (Å²) in [6, 6.07) is 28.1. The Morgan fingerprint density at radius 1 is 0.771 bits per heavy atom. The zero-order valence-electron chi connectivity index (χ0n) is 18.9. The van der Waals surface area contributed by atoms with Crippen LogP contribution in [0.5, 0.6) is 0 Å². The Kier molecular flexibility index (Phi) is 6.27. The molecule has 6 nitrogen and oxygen atoms in total. The molecule has 3 N–H and O–H groups in total. The number of hydrogen-bond donors (Lipinski definition) is 2. The van der Waals surface area contributed by atoms with Gasteiger partial charge < -0.3 is 5.32 Å². The third-order valence-electron chi connectivity index (χ3n) is 5.90. The summed E-state index contributed by atoms with van der Waals surface area (Å²) >= 11 is 0. The highest BCUT2D eigenvalue weighted by Crippen LogP contribution is 2.38. The van der Waals surface area contributed by atoms with Crippen LogP contribution >= 0.6 is 0 Å². The molecule has 5 aromatic rings. The van der Waals surface area contributed by atoms with Crippen LogP contribution in [0.2, 0.25) is 0 Å². The first-order valence-corrected chi connectivity index (χ1v) is 12.8. The van der Waals surface area contributed by atoms with Crippen molar-refractivity contribution >= 4 is 26.6 Å². The average molecular weight is 481 g/mol. The van der Waals surface area contributed by atoms with Gasteiger partial charge in [-0.1, -0.05) is 78.9 Å². The van der Waals surface area contributed by atoms with E-state index >= 15 is 0 Å². The Labute approximate surface area is 204 Å². The van der Waals surface area contributed by atoms with E-state index in [0.29, 0.717) is 5.56 Å². The molecule has 5 rings (SSSR count). The Bertz CT molecular complexity index is 1590. The highest BCUT2D eigenvalue weighted by molar-refractivity contribution is 7.89. The number of nitrogens with zero attached hydrogens (tertiary/aromatic N) is 2. The summed E-state index contributed by atoms with van der Waals surface area (Å²) in [4.78, 5) is 8.86. The molecular formula is C28H24N4O2S. The van der Waals surface area contributed by atoms with Crippen molar-refractivity contribution in [3.05, 3.63) is 109 Å². The summed E-state index contributed by atoms with van der Waals surface area (Å²) in [7, 11) is -3.88. The monoisotopic (exact) mass is 480 g/mol. The van der Waals surface area contributed by atoms with Crippen LogP contribution in [-0.4, -0.2) is 24.9 Å². The fraction of sp³-hybridized carbons (Fsp3) is 0.0714. The molecule has 0 aliphatic heterocycles. The van der Waals surface area contributed by atoms with E-state index in [1.165, 1.54) is 17.8 Å². The van der Waals surface area contributed by atoms with Gasteiger partial charge in [0.1, 0.15) is 10.7 Å². The summed E-state index contributed by atoms with van der Waals surface area (Å²) in [5.74, 6) is 0.773. The van der Waals surface area contributed by atoms with Crippen LogP contribution in [-0.2, 0) is 16.4 Å². The second-order valence-corrected chi connectivity index (χ2v) is 9.79. The molecule has 0 saturated carbocycles. The lowest BCUT2D eigenvalue weighted by atomic mass is 9.94. The third kappa shape index (κ3) is 4.91. The van der Waals surface area contributed by atoms with Gasteiger partial charge in [0.25, 0.3) is 0 Å². The van der Waals surface area contributed by atoms with Crippen molar-refractivity contribution in [3.63, 3.8) is 0 Å². The Hall–Kier alpha value is -4.07. The van der Waals surface area contributed by atoms with Crippen molar-refractivity contribution in [2.75, 3.05) is 11.9 Å². The number of nitrogens with one attached hydrogen (secondary N) is 1. The summed E-state index contributed by atoms with van der Waals surface area (Å²) in [5.41, 5.74) is 4.77. The van der Waals surface area contributed by atoms with Crippen molar-refractivity contribution in [1.29, 1.82) is 0 Å². The fourth-order valence-electron chi connectivity index (χ4n) is 4.21. The number of benzene rings is 3. The second-order valence-electron chi connectivity index (χ2n) is 8.23. The highest BCUT2D eigenvalue weighted by atomic mass is 32.2. The van der Waals surface area contributed by atoms with Crippen LogP contribution in [0.4, 0.5) is 5.82 Å². The van der Waals surface area contributed by atoms with Crippen LogP contribution in [0.15, 0.2) is 108 Å². The van der Waals surface area contributed by atoms with Crippen LogP contribution in [0.3, 0.4) is 0 Å². The number of fused-ring (bicyclic) bond motifs is 1. The van der Waals surface area contributed by atoms with E-state index in [0.717, 1.165) is 46.2 Å².